The van der Waals surface area contributed by atoms with Crippen molar-refractivity contribution >= 4 is 13.8 Å². The van der Waals surface area contributed by atoms with Gasteiger partial charge in [0, 0.05) is 19.6 Å². The molecule has 290 valence electrons. The van der Waals surface area contributed by atoms with Gasteiger partial charge in [-0.05, 0) is 44.9 Å². The van der Waals surface area contributed by atoms with Crippen molar-refractivity contribution in [2.24, 2.45) is 5.73 Å². The second kappa shape index (κ2) is 38.2. The van der Waals surface area contributed by atoms with E-state index in [0.29, 0.717) is 13.0 Å². The summed E-state index contributed by atoms with van der Waals surface area (Å²) in [5, 5.41) is 0. The summed E-state index contributed by atoms with van der Waals surface area (Å²) in [4.78, 5) is 22.4. The van der Waals surface area contributed by atoms with Crippen molar-refractivity contribution in [2.45, 2.75) is 193 Å². The third-order valence-electron chi connectivity index (χ3n) is 8.62. The maximum Gasteiger partial charge on any atom is 0.472 e. The van der Waals surface area contributed by atoms with Crippen LogP contribution in [0.3, 0.4) is 0 Å². The highest BCUT2D eigenvalue weighted by atomic mass is 31.2. The molecule has 0 aliphatic rings. The van der Waals surface area contributed by atoms with Crippen molar-refractivity contribution in [3.8, 4) is 0 Å². The highest BCUT2D eigenvalue weighted by Crippen LogP contribution is 2.43. The molecule has 0 aromatic heterocycles. The second-order valence-corrected chi connectivity index (χ2v) is 15.0. The Balaban J connectivity index is 4.05. The molecule has 0 rings (SSSR count). The van der Waals surface area contributed by atoms with E-state index in [2.05, 4.69) is 38.2 Å². The number of phosphoric ester groups is 1. The summed E-state index contributed by atoms with van der Waals surface area (Å²) in [6.07, 6.45) is 40.4. The lowest BCUT2D eigenvalue weighted by Crippen LogP contribution is -2.28. The lowest BCUT2D eigenvalue weighted by molar-refractivity contribution is -0.154. The van der Waals surface area contributed by atoms with Gasteiger partial charge in [-0.3, -0.25) is 13.8 Å². The molecular formula is C40H78NO7P. The van der Waals surface area contributed by atoms with Gasteiger partial charge >= 0.3 is 13.8 Å². The fraction of sp³-hybridized carbons (Fsp3) is 0.875. The smallest absolute Gasteiger partial charge is 0.457 e. The van der Waals surface area contributed by atoms with E-state index in [0.717, 1.165) is 44.9 Å². The fourth-order valence-corrected chi connectivity index (χ4v) is 6.38. The summed E-state index contributed by atoms with van der Waals surface area (Å²) in [6.45, 7) is 4.91. The van der Waals surface area contributed by atoms with Gasteiger partial charge in [0.15, 0.2) is 0 Å². The van der Waals surface area contributed by atoms with E-state index < -0.39 is 13.9 Å². The van der Waals surface area contributed by atoms with Crippen molar-refractivity contribution < 1.29 is 32.8 Å². The summed E-state index contributed by atoms with van der Waals surface area (Å²) in [5.74, 6) is -0.337. The molecule has 0 aliphatic carbocycles. The fourth-order valence-electron chi connectivity index (χ4n) is 5.61. The van der Waals surface area contributed by atoms with E-state index in [1.165, 1.54) is 122 Å². The van der Waals surface area contributed by atoms with Crippen LogP contribution in [0.25, 0.3) is 0 Å². The van der Waals surface area contributed by atoms with Crippen LogP contribution in [0.2, 0.25) is 0 Å². The summed E-state index contributed by atoms with van der Waals surface area (Å²) < 4.78 is 33.3. The third-order valence-corrected chi connectivity index (χ3v) is 9.61. The molecular weight excluding hydrogens is 637 g/mol. The summed E-state index contributed by atoms with van der Waals surface area (Å²) in [7, 11) is -4.27. The van der Waals surface area contributed by atoms with E-state index >= 15 is 0 Å². The number of rotatable bonds is 39. The summed E-state index contributed by atoms with van der Waals surface area (Å²) in [5.41, 5.74) is 5.36. The molecule has 0 saturated heterocycles. The summed E-state index contributed by atoms with van der Waals surface area (Å²) in [6, 6.07) is 0. The second-order valence-electron chi connectivity index (χ2n) is 13.5. The zero-order chi connectivity index (χ0) is 35.9. The quantitative estimate of drug-likeness (QED) is 0.0279. The first kappa shape index (κ1) is 48.0. The average molecular weight is 716 g/mol. The minimum atomic E-state index is -4.27. The molecule has 2 atom stereocenters. The Hall–Kier alpha value is -1.02. The molecule has 49 heavy (non-hydrogen) atoms. The number of hydrogen-bond donors (Lipinski definition) is 2. The van der Waals surface area contributed by atoms with Gasteiger partial charge in [0.25, 0.3) is 0 Å². The topological polar surface area (TPSA) is 117 Å². The van der Waals surface area contributed by atoms with Crippen molar-refractivity contribution in [1.82, 2.24) is 0 Å². The van der Waals surface area contributed by atoms with Gasteiger partial charge in [-0.25, -0.2) is 4.57 Å². The first-order valence-corrected chi connectivity index (χ1v) is 21.8. The molecule has 0 aromatic rings. The standard InChI is InChI=1S/C40H78NO7P/c1-3-5-7-9-11-13-15-17-18-19-20-21-22-23-25-27-29-31-33-40(42)48-39(38-47-49(43,44)46-36-34-41)37-45-35-32-30-28-26-24-16-14-12-10-8-6-4-2/h13,15,18-19,39H,3-12,14,16-17,20-38,41H2,1-2H3,(H,43,44)/b15-13-,19-18-. The molecule has 0 saturated carbocycles. The highest BCUT2D eigenvalue weighted by Gasteiger charge is 2.25. The van der Waals surface area contributed by atoms with Crippen LogP contribution < -0.4 is 5.73 Å². The normalized spacial score (nSPS) is 13.8. The molecule has 0 amide bonds. The van der Waals surface area contributed by atoms with E-state index in [9.17, 15) is 14.3 Å². The lowest BCUT2D eigenvalue weighted by Gasteiger charge is -2.20. The number of hydrogen-bond acceptors (Lipinski definition) is 7. The zero-order valence-electron chi connectivity index (χ0n) is 31.9. The molecule has 0 aliphatic heterocycles. The molecule has 0 aromatic carbocycles. The monoisotopic (exact) mass is 716 g/mol. The van der Waals surface area contributed by atoms with Crippen molar-refractivity contribution in [3.05, 3.63) is 24.3 Å². The zero-order valence-corrected chi connectivity index (χ0v) is 32.8. The first-order valence-electron chi connectivity index (χ1n) is 20.3. The predicted molar refractivity (Wildman–Crippen MR) is 206 cm³/mol. The van der Waals surface area contributed by atoms with Crippen molar-refractivity contribution in [3.63, 3.8) is 0 Å². The molecule has 0 heterocycles. The van der Waals surface area contributed by atoms with Crippen LogP contribution >= 0.6 is 7.82 Å². The van der Waals surface area contributed by atoms with Crippen LogP contribution in [-0.4, -0.2) is 49.9 Å². The predicted octanol–water partition coefficient (Wildman–Crippen LogP) is 11.7. The van der Waals surface area contributed by atoms with E-state index in [4.69, 9.17) is 24.3 Å². The van der Waals surface area contributed by atoms with Crippen molar-refractivity contribution in [2.75, 3.05) is 33.0 Å². The van der Waals surface area contributed by atoms with Crippen LogP contribution in [0, 0.1) is 0 Å². The Morgan fingerprint density at radius 3 is 1.61 bits per heavy atom. The van der Waals surface area contributed by atoms with E-state index in [1.807, 2.05) is 0 Å². The van der Waals surface area contributed by atoms with Gasteiger partial charge in [0.05, 0.1) is 19.8 Å². The molecule has 3 N–H and O–H groups in total. The largest absolute Gasteiger partial charge is 0.472 e. The Morgan fingerprint density at radius 2 is 1.08 bits per heavy atom. The number of unbranched alkanes of at least 4 members (excludes halogenated alkanes) is 22. The maximum absolute atomic E-state index is 12.5. The number of carbonyl (C=O) groups excluding carboxylic acids is 1. The summed E-state index contributed by atoms with van der Waals surface area (Å²) >= 11 is 0. The minimum absolute atomic E-state index is 0.0953. The number of phosphoric acid groups is 1. The lowest BCUT2D eigenvalue weighted by atomic mass is 10.1. The number of allylic oxidation sites excluding steroid dienone is 4. The molecule has 2 unspecified atom stereocenters. The van der Waals surface area contributed by atoms with Gasteiger partial charge < -0.3 is 20.1 Å². The van der Waals surface area contributed by atoms with Crippen LogP contribution in [0.1, 0.15) is 187 Å². The Labute approximate surface area is 302 Å². The number of ether oxygens (including phenoxy) is 2. The van der Waals surface area contributed by atoms with Gasteiger partial charge in [0.2, 0.25) is 0 Å². The maximum atomic E-state index is 12.5. The van der Waals surface area contributed by atoms with Gasteiger partial charge in [-0.1, -0.05) is 160 Å². The first-order chi connectivity index (χ1) is 23.9. The van der Waals surface area contributed by atoms with Gasteiger partial charge in [-0.15, -0.1) is 0 Å². The number of carbonyl (C=O) groups is 1. The molecule has 8 nitrogen and oxygen atoms in total. The van der Waals surface area contributed by atoms with Gasteiger partial charge in [0.1, 0.15) is 6.10 Å². The number of nitrogens with two attached hydrogens (primary N) is 1. The Morgan fingerprint density at radius 1 is 0.612 bits per heavy atom. The van der Waals surface area contributed by atoms with Gasteiger partial charge in [-0.2, -0.15) is 0 Å². The highest BCUT2D eigenvalue weighted by molar-refractivity contribution is 7.47. The SMILES string of the molecule is CCCCCC/C=C\C/C=C\CCCCCCCCCC(=O)OC(COCCCCCCCCCCCCCC)COP(=O)(O)OCCN. The Kier molecular flexibility index (Phi) is 37.4. The van der Waals surface area contributed by atoms with Crippen LogP contribution in [0.15, 0.2) is 24.3 Å². The molecule has 0 radical (unpaired) electrons. The minimum Gasteiger partial charge on any atom is -0.457 e. The number of esters is 1. The van der Waals surface area contributed by atoms with Crippen molar-refractivity contribution in [1.29, 1.82) is 0 Å². The average Bonchev–Trinajstić information content (AvgIpc) is 3.09. The van der Waals surface area contributed by atoms with E-state index in [1.54, 1.807) is 0 Å². The van der Waals surface area contributed by atoms with Crippen LogP contribution in [0.4, 0.5) is 0 Å². The molecule has 0 fully saturated rings. The Bertz CT molecular complexity index is 807. The van der Waals surface area contributed by atoms with Crippen LogP contribution in [0.5, 0.6) is 0 Å². The molecule has 0 bridgehead atoms. The third kappa shape index (κ3) is 38.1. The van der Waals surface area contributed by atoms with Crippen LogP contribution in [-0.2, 0) is 27.9 Å². The molecule has 0 spiro atoms. The molecule has 9 heteroatoms. The van der Waals surface area contributed by atoms with E-state index in [-0.39, 0.29) is 32.3 Å².